The molecule has 2 rings (SSSR count). The van der Waals surface area contributed by atoms with Crippen molar-refractivity contribution in [2.45, 2.75) is 38.2 Å². The highest BCUT2D eigenvalue weighted by Gasteiger charge is 2.30. The summed E-state index contributed by atoms with van der Waals surface area (Å²) in [5.41, 5.74) is 0.939. The number of amides is 1. The summed E-state index contributed by atoms with van der Waals surface area (Å²) in [5.74, 6) is -0.289. The lowest BCUT2D eigenvalue weighted by molar-refractivity contribution is -0.119. The standard InChI is InChI=1S/C22H28Cl2N2O5S/c1-15(2)31-11-5-10-25-22(27)14-26(17-7-8-18(23)19(24)13-17)32(28,29)21-12-16(3)6-9-20(21)30-4/h6-9,12-13,15H,5,10-11,14H2,1-4H3,(H,25,27). The Morgan fingerprint density at radius 1 is 1.12 bits per heavy atom. The first-order valence-electron chi connectivity index (χ1n) is 10.1. The van der Waals surface area contributed by atoms with Crippen molar-refractivity contribution in [1.29, 1.82) is 0 Å². The maximum absolute atomic E-state index is 13.6. The molecule has 0 aromatic heterocycles. The van der Waals surface area contributed by atoms with Crippen LogP contribution in [0.25, 0.3) is 0 Å². The van der Waals surface area contributed by atoms with Gasteiger partial charge in [0.15, 0.2) is 0 Å². The lowest BCUT2D eigenvalue weighted by atomic mass is 10.2. The van der Waals surface area contributed by atoms with Gasteiger partial charge in [0.25, 0.3) is 10.0 Å². The number of sulfonamides is 1. The second kappa shape index (κ2) is 11.7. The minimum atomic E-state index is -4.17. The van der Waals surface area contributed by atoms with Crippen LogP contribution in [0.1, 0.15) is 25.8 Å². The van der Waals surface area contributed by atoms with E-state index in [9.17, 15) is 13.2 Å². The summed E-state index contributed by atoms with van der Waals surface area (Å²) in [5, 5.41) is 3.18. The van der Waals surface area contributed by atoms with Crippen LogP contribution in [0.3, 0.4) is 0 Å². The van der Waals surface area contributed by atoms with E-state index in [1.165, 1.54) is 31.4 Å². The maximum Gasteiger partial charge on any atom is 0.268 e. The summed E-state index contributed by atoms with van der Waals surface area (Å²) < 4.78 is 38.9. The highest BCUT2D eigenvalue weighted by molar-refractivity contribution is 7.93. The number of ether oxygens (including phenoxy) is 2. The average molecular weight is 503 g/mol. The Bertz CT molecular complexity index is 1040. The fourth-order valence-corrected chi connectivity index (χ4v) is 4.81. The number of carbonyl (C=O) groups excluding carboxylic acids is 1. The normalized spacial score (nSPS) is 11.5. The molecule has 0 spiro atoms. The van der Waals surface area contributed by atoms with E-state index in [4.69, 9.17) is 32.7 Å². The number of nitrogens with one attached hydrogen (secondary N) is 1. The van der Waals surface area contributed by atoms with Crippen LogP contribution < -0.4 is 14.4 Å². The third-order valence-corrected chi connectivity index (χ3v) is 6.99. The predicted octanol–water partition coefficient (Wildman–Crippen LogP) is 4.44. The third kappa shape index (κ3) is 7.00. The number of halogens is 2. The molecule has 1 N–H and O–H groups in total. The van der Waals surface area contributed by atoms with Crippen molar-refractivity contribution in [2.24, 2.45) is 0 Å². The van der Waals surface area contributed by atoms with Crippen molar-refractivity contribution < 1.29 is 22.7 Å². The number of carbonyl (C=O) groups is 1. The van der Waals surface area contributed by atoms with Crippen LogP contribution in [0.2, 0.25) is 10.0 Å². The summed E-state index contributed by atoms with van der Waals surface area (Å²) in [6, 6.07) is 9.21. The molecule has 0 saturated carbocycles. The molecule has 176 valence electrons. The van der Waals surface area contributed by atoms with Gasteiger partial charge in [-0.1, -0.05) is 29.3 Å². The Kier molecular flexibility index (Phi) is 9.64. The summed E-state index contributed by atoms with van der Waals surface area (Å²) in [7, 11) is -2.78. The fraction of sp³-hybridized carbons (Fsp3) is 0.409. The Morgan fingerprint density at radius 3 is 2.47 bits per heavy atom. The van der Waals surface area contributed by atoms with Gasteiger partial charge in [-0.3, -0.25) is 9.10 Å². The van der Waals surface area contributed by atoms with Crippen molar-refractivity contribution in [2.75, 3.05) is 31.1 Å². The van der Waals surface area contributed by atoms with E-state index in [1.807, 2.05) is 13.8 Å². The molecule has 0 unspecified atom stereocenters. The SMILES string of the molecule is COc1ccc(C)cc1S(=O)(=O)N(CC(=O)NCCCOC(C)C)c1ccc(Cl)c(Cl)c1. The summed E-state index contributed by atoms with van der Waals surface area (Å²) in [4.78, 5) is 12.6. The molecule has 2 aromatic rings. The van der Waals surface area contributed by atoms with Gasteiger partial charge in [0.05, 0.1) is 28.9 Å². The van der Waals surface area contributed by atoms with Crippen LogP contribution >= 0.6 is 23.2 Å². The van der Waals surface area contributed by atoms with Gasteiger partial charge in [-0.25, -0.2) is 8.42 Å². The van der Waals surface area contributed by atoms with Crippen LogP contribution in [0.15, 0.2) is 41.3 Å². The first kappa shape index (κ1) is 26.3. The topological polar surface area (TPSA) is 84.9 Å². The zero-order valence-electron chi connectivity index (χ0n) is 18.5. The lowest BCUT2D eigenvalue weighted by Gasteiger charge is -2.25. The Morgan fingerprint density at radius 2 is 1.84 bits per heavy atom. The number of hydrogen-bond donors (Lipinski definition) is 1. The number of nitrogens with zero attached hydrogens (tertiary/aromatic N) is 1. The van der Waals surface area contributed by atoms with Crippen molar-refractivity contribution in [3.63, 3.8) is 0 Å². The summed E-state index contributed by atoms with van der Waals surface area (Å²) in [6.07, 6.45) is 0.708. The molecule has 0 saturated heterocycles. The molecule has 0 bridgehead atoms. The predicted molar refractivity (Wildman–Crippen MR) is 127 cm³/mol. The molecule has 1 amide bonds. The van der Waals surface area contributed by atoms with Gasteiger partial charge < -0.3 is 14.8 Å². The molecular weight excluding hydrogens is 475 g/mol. The highest BCUT2D eigenvalue weighted by Crippen LogP contribution is 2.33. The smallest absolute Gasteiger partial charge is 0.268 e. The van der Waals surface area contributed by atoms with E-state index in [2.05, 4.69) is 5.32 Å². The number of benzene rings is 2. The van der Waals surface area contributed by atoms with Gasteiger partial charge in [-0.05, 0) is 63.1 Å². The zero-order chi connectivity index (χ0) is 23.9. The summed E-state index contributed by atoms with van der Waals surface area (Å²) >= 11 is 12.1. The van der Waals surface area contributed by atoms with Gasteiger partial charge >= 0.3 is 0 Å². The van der Waals surface area contributed by atoms with Crippen LogP contribution in [-0.2, 0) is 19.6 Å². The monoisotopic (exact) mass is 502 g/mol. The van der Waals surface area contributed by atoms with Gasteiger partial charge in [0.2, 0.25) is 5.91 Å². The Hall–Kier alpha value is -2.00. The molecule has 0 fully saturated rings. The molecule has 0 aliphatic heterocycles. The average Bonchev–Trinajstić information content (AvgIpc) is 2.73. The molecule has 10 heteroatoms. The van der Waals surface area contributed by atoms with Gasteiger partial charge in [-0.15, -0.1) is 0 Å². The molecular formula is C22H28Cl2N2O5S. The third-order valence-electron chi connectivity index (χ3n) is 4.46. The van der Waals surface area contributed by atoms with Gasteiger partial charge in [0, 0.05) is 13.2 Å². The highest BCUT2D eigenvalue weighted by atomic mass is 35.5. The maximum atomic E-state index is 13.6. The molecule has 2 aromatic carbocycles. The molecule has 0 aliphatic rings. The summed E-state index contributed by atoms with van der Waals surface area (Å²) in [6.45, 7) is 6.04. The van der Waals surface area contributed by atoms with Crippen molar-refractivity contribution in [1.82, 2.24) is 5.32 Å². The van der Waals surface area contributed by atoms with E-state index in [1.54, 1.807) is 19.1 Å². The van der Waals surface area contributed by atoms with E-state index < -0.39 is 22.5 Å². The number of hydrogen-bond acceptors (Lipinski definition) is 5. The van der Waals surface area contributed by atoms with E-state index in [0.717, 1.165) is 9.87 Å². The number of aryl methyl sites for hydroxylation is 1. The Balaban J connectivity index is 2.34. The number of rotatable bonds is 11. The lowest BCUT2D eigenvalue weighted by Crippen LogP contribution is -2.41. The van der Waals surface area contributed by atoms with Crippen LogP contribution in [-0.4, -0.2) is 47.2 Å². The minimum absolute atomic E-state index is 0.0517. The molecule has 32 heavy (non-hydrogen) atoms. The van der Waals surface area contributed by atoms with Crippen LogP contribution in [0, 0.1) is 6.92 Å². The second-order valence-corrected chi connectivity index (χ2v) is 10.0. The number of anilines is 1. The zero-order valence-corrected chi connectivity index (χ0v) is 20.9. The van der Waals surface area contributed by atoms with E-state index in [0.29, 0.717) is 19.6 Å². The van der Waals surface area contributed by atoms with Crippen molar-refractivity contribution in [3.05, 3.63) is 52.0 Å². The number of methoxy groups -OCH3 is 1. The molecule has 7 nitrogen and oxygen atoms in total. The first-order chi connectivity index (χ1) is 15.1. The van der Waals surface area contributed by atoms with Gasteiger partial charge in [-0.2, -0.15) is 0 Å². The van der Waals surface area contributed by atoms with Crippen LogP contribution in [0.5, 0.6) is 5.75 Å². The molecule has 0 atom stereocenters. The first-order valence-corrected chi connectivity index (χ1v) is 12.3. The van der Waals surface area contributed by atoms with E-state index in [-0.39, 0.29) is 32.5 Å². The minimum Gasteiger partial charge on any atom is -0.495 e. The largest absolute Gasteiger partial charge is 0.495 e. The molecule has 0 aliphatic carbocycles. The van der Waals surface area contributed by atoms with E-state index >= 15 is 0 Å². The quantitative estimate of drug-likeness (QED) is 0.459. The van der Waals surface area contributed by atoms with Crippen LogP contribution in [0.4, 0.5) is 5.69 Å². The fourth-order valence-electron chi connectivity index (χ4n) is 2.86. The van der Waals surface area contributed by atoms with Crippen molar-refractivity contribution in [3.8, 4) is 5.75 Å². The molecule has 0 radical (unpaired) electrons. The van der Waals surface area contributed by atoms with Crippen molar-refractivity contribution >= 4 is 44.8 Å². The van der Waals surface area contributed by atoms with Gasteiger partial charge in [0.1, 0.15) is 17.2 Å². The molecule has 0 heterocycles. The second-order valence-electron chi connectivity index (χ2n) is 7.39. The Labute approximate surface area is 199 Å².